The smallest absolute Gasteiger partial charge is 0.261 e. The Kier molecular flexibility index (Phi) is 6.92. The minimum absolute atomic E-state index is 0. The first-order valence-corrected chi connectivity index (χ1v) is 5.11. The second-order valence-corrected chi connectivity index (χ2v) is 4.18. The first-order valence-electron chi connectivity index (χ1n) is 3.92. The summed E-state index contributed by atoms with van der Waals surface area (Å²) in [5.41, 5.74) is 0. The van der Waals surface area contributed by atoms with Crippen molar-refractivity contribution in [2.45, 2.75) is 0 Å². The first-order chi connectivity index (χ1) is 6.24. The van der Waals surface area contributed by atoms with Crippen LogP contribution in [0.25, 0.3) is 0 Å². The normalized spacial score (nSPS) is 9.29. The summed E-state index contributed by atoms with van der Waals surface area (Å²) in [4.78, 5) is 12.0. The lowest BCUT2D eigenvalue weighted by Gasteiger charge is -2.01. The molecule has 6 heteroatoms. The van der Waals surface area contributed by atoms with Crippen LogP contribution in [0.4, 0.5) is 0 Å². The van der Waals surface area contributed by atoms with Crippen LogP contribution in [0.3, 0.4) is 0 Å². The van der Waals surface area contributed by atoms with Gasteiger partial charge in [0.05, 0.1) is 9.21 Å². The number of likely N-dealkylation sites (N-methyl/N-ethyl adjacent to an activating group) is 1. The molecule has 80 valence electrons. The number of hydrogen-bond acceptors (Lipinski definition) is 3. The standard InChI is InChI=1S/C8H11ClN2OS.ClH/c1-10-4-5-11-8(12)6-2-3-7(9)13-6;/h2-3,10H,4-5H2,1H3,(H,11,12);1H. The van der Waals surface area contributed by atoms with Crippen LogP contribution in [0.2, 0.25) is 4.34 Å². The highest BCUT2D eigenvalue weighted by Gasteiger charge is 2.06. The molecule has 0 fully saturated rings. The Morgan fingerprint density at radius 2 is 2.21 bits per heavy atom. The molecular formula is C8H12Cl2N2OS. The lowest BCUT2D eigenvalue weighted by molar-refractivity contribution is 0.0958. The van der Waals surface area contributed by atoms with E-state index in [1.807, 2.05) is 7.05 Å². The molecule has 0 atom stereocenters. The Balaban J connectivity index is 0.00000169. The Morgan fingerprint density at radius 1 is 1.50 bits per heavy atom. The Hall–Kier alpha value is -0.290. The van der Waals surface area contributed by atoms with E-state index in [1.165, 1.54) is 11.3 Å². The fourth-order valence-corrected chi connectivity index (χ4v) is 1.78. The van der Waals surface area contributed by atoms with E-state index in [9.17, 15) is 4.79 Å². The van der Waals surface area contributed by atoms with E-state index in [-0.39, 0.29) is 18.3 Å². The van der Waals surface area contributed by atoms with Gasteiger partial charge in [-0.15, -0.1) is 23.7 Å². The number of rotatable bonds is 4. The summed E-state index contributed by atoms with van der Waals surface area (Å²) in [6.45, 7) is 1.40. The van der Waals surface area contributed by atoms with E-state index < -0.39 is 0 Å². The summed E-state index contributed by atoms with van der Waals surface area (Å²) in [7, 11) is 1.84. The van der Waals surface area contributed by atoms with Crippen LogP contribution in [0, 0.1) is 0 Å². The van der Waals surface area contributed by atoms with E-state index in [0.29, 0.717) is 15.8 Å². The van der Waals surface area contributed by atoms with Crippen molar-refractivity contribution < 1.29 is 4.79 Å². The van der Waals surface area contributed by atoms with Gasteiger partial charge < -0.3 is 10.6 Å². The maximum absolute atomic E-state index is 11.3. The van der Waals surface area contributed by atoms with Crippen LogP contribution < -0.4 is 10.6 Å². The molecule has 0 saturated heterocycles. The third kappa shape index (κ3) is 4.28. The zero-order valence-corrected chi connectivity index (χ0v) is 10.1. The summed E-state index contributed by atoms with van der Waals surface area (Å²) in [6, 6.07) is 3.45. The summed E-state index contributed by atoms with van der Waals surface area (Å²) >= 11 is 6.98. The number of carbonyl (C=O) groups excluding carboxylic acids is 1. The van der Waals surface area contributed by atoms with Gasteiger partial charge in [-0.25, -0.2) is 0 Å². The number of halogens is 2. The number of thiophene rings is 1. The first kappa shape index (κ1) is 13.7. The van der Waals surface area contributed by atoms with E-state index in [2.05, 4.69) is 10.6 Å². The van der Waals surface area contributed by atoms with Gasteiger partial charge in [0.1, 0.15) is 0 Å². The average molecular weight is 255 g/mol. The van der Waals surface area contributed by atoms with E-state index in [0.717, 1.165) is 6.54 Å². The topological polar surface area (TPSA) is 41.1 Å². The zero-order chi connectivity index (χ0) is 9.68. The maximum Gasteiger partial charge on any atom is 0.261 e. The van der Waals surface area contributed by atoms with Crippen molar-refractivity contribution in [3.63, 3.8) is 0 Å². The minimum atomic E-state index is -0.0628. The molecule has 1 rings (SSSR count). The third-order valence-corrected chi connectivity index (χ3v) is 2.69. The Labute approximate surface area is 98.2 Å². The number of amides is 1. The van der Waals surface area contributed by atoms with Gasteiger partial charge in [-0.1, -0.05) is 11.6 Å². The maximum atomic E-state index is 11.3. The zero-order valence-electron chi connectivity index (χ0n) is 7.67. The Bertz CT molecular complexity index is 291. The molecule has 3 nitrogen and oxygen atoms in total. The molecular weight excluding hydrogens is 243 g/mol. The van der Waals surface area contributed by atoms with E-state index in [4.69, 9.17) is 11.6 Å². The molecule has 1 aromatic rings. The van der Waals surface area contributed by atoms with Gasteiger partial charge in [-0.3, -0.25) is 4.79 Å². The van der Waals surface area contributed by atoms with Crippen molar-refractivity contribution in [1.82, 2.24) is 10.6 Å². The molecule has 14 heavy (non-hydrogen) atoms. The summed E-state index contributed by atoms with van der Waals surface area (Å²) in [5.74, 6) is -0.0628. The molecule has 2 N–H and O–H groups in total. The molecule has 0 radical (unpaired) electrons. The minimum Gasteiger partial charge on any atom is -0.350 e. The van der Waals surface area contributed by atoms with Gasteiger partial charge in [-0.05, 0) is 19.2 Å². The highest BCUT2D eigenvalue weighted by atomic mass is 35.5. The van der Waals surface area contributed by atoms with Crippen molar-refractivity contribution in [3.05, 3.63) is 21.3 Å². The summed E-state index contributed by atoms with van der Waals surface area (Å²) in [6.07, 6.45) is 0. The Morgan fingerprint density at radius 3 is 2.71 bits per heavy atom. The van der Waals surface area contributed by atoms with Crippen LogP contribution in [0.15, 0.2) is 12.1 Å². The highest BCUT2D eigenvalue weighted by molar-refractivity contribution is 7.17. The van der Waals surface area contributed by atoms with Crippen molar-refractivity contribution in [1.29, 1.82) is 0 Å². The summed E-state index contributed by atoms with van der Waals surface area (Å²) in [5, 5.41) is 5.71. The van der Waals surface area contributed by atoms with E-state index >= 15 is 0 Å². The van der Waals surface area contributed by atoms with Crippen LogP contribution in [-0.4, -0.2) is 26.0 Å². The molecule has 0 aliphatic heterocycles. The largest absolute Gasteiger partial charge is 0.350 e. The SMILES string of the molecule is CNCCNC(=O)c1ccc(Cl)s1.Cl. The molecule has 1 aromatic heterocycles. The molecule has 0 bridgehead atoms. The second-order valence-electron chi connectivity index (χ2n) is 2.46. The van der Waals surface area contributed by atoms with Gasteiger partial charge in [0.25, 0.3) is 5.91 Å². The van der Waals surface area contributed by atoms with Gasteiger partial charge in [0.15, 0.2) is 0 Å². The monoisotopic (exact) mass is 254 g/mol. The van der Waals surface area contributed by atoms with Crippen LogP contribution >= 0.6 is 35.3 Å². The highest BCUT2D eigenvalue weighted by Crippen LogP contribution is 2.20. The number of carbonyl (C=O) groups is 1. The van der Waals surface area contributed by atoms with Crippen LogP contribution in [0.1, 0.15) is 9.67 Å². The molecule has 0 spiro atoms. The number of nitrogens with one attached hydrogen (secondary N) is 2. The fourth-order valence-electron chi connectivity index (χ4n) is 0.824. The molecule has 0 aliphatic carbocycles. The predicted octanol–water partition coefficient (Wildman–Crippen LogP) is 1.77. The fraction of sp³-hybridized carbons (Fsp3) is 0.375. The van der Waals surface area contributed by atoms with Crippen molar-refractivity contribution >= 4 is 41.3 Å². The average Bonchev–Trinajstić information content (AvgIpc) is 2.52. The van der Waals surface area contributed by atoms with Crippen molar-refractivity contribution in [2.24, 2.45) is 0 Å². The van der Waals surface area contributed by atoms with Gasteiger partial charge in [0.2, 0.25) is 0 Å². The molecule has 1 heterocycles. The number of hydrogen-bond donors (Lipinski definition) is 2. The lowest BCUT2D eigenvalue weighted by Crippen LogP contribution is -2.29. The summed E-state index contributed by atoms with van der Waals surface area (Å²) < 4.78 is 0.638. The molecule has 0 unspecified atom stereocenters. The van der Waals surface area contributed by atoms with E-state index in [1.54, 1.807) is 12.1 Å². The second kappa shape index (κ2) is 7.06. The van der Waals surface area contributed by atoms with Crippen molar-refractivity contribution in [3.8, 4) is 0 Å². The lowest BCUT2D eigenvalue weighted by atomic mass is 10.4. The third-order valence-electron chi connectivity index (χ3n) is 1.46. The predicted molar refractivity (Wildman–Crippen MR) is 62.8 cm³/mol. The quantitative estimate of drug-likeness (QED) is 0.805. The molecule has 0 aromatic carbocycles. The van der Waals surface area contributed by atoms with Gasteiger partial charge in [-0.2, -0.15) is 0 Å². The van der Waals surface area contributed by atoms with Gasteiger partial charge in [0, 0.05) is 13.1 Å². The molecule has 1 amide bonds. The molecule has 0 aliphatic rings. The molecule has 0 saturated carbocycles. The van der Waals surface area contributed by atoms with Crippen molar-refractivity contribution in [2.75, 3.05) is 20.1 Å². The van der Waals surface area contributed by atoms with Crippen LogP contribution in [-0.2, 0) is 0 Å². The van der Waals surface area contributed by atoms with Crippen LogP contribution in [0.5, 0.6) is 0 Å². The van der Waals surface area contributed by atoms with Gasteiger partial charge >= 0.3 is 0 Å².